The van der Waals surface area contributed by atoms with Gasteiger partial charge < -0.3 is 11.1 Å². The number of benzene rings is 1. The summed E-state index contributed by atoms with van der Waals surface area (Å²) in [5.41, 5.74) is 8.84. The molecule has 0 fully saturated rings. The van der Waals surface area contributed by atoms with Crippen molar-refractivity contribution in [3.05, 3.63) is 51.4 Å². The molecule has 0 saturated carbocycles. The Morgan fingerprint density at radius 3 is 2.63 bits per heavy atom. The molecular formula is C20H23N3O2S2. The van der Waals surface area contributed by atoms with Gasteiger partial charge in [-0.15, -0.1) is 11.3 Å². The summed E-state index contributed by atoms with van der Waals surface area (Å²) in [5.74, 6) is -0.165. The number of aryl methyl sites for hydroxylation is 1. The van der Waals surface area contributed by atoms with Gasteiger partial charge in [0.15, 0.2) is 5.11 Å². The van der Waals surface area contributed by atoms with Crippen molar-refractivity contribution in [2.75, 3.05) is 5.32 Å². The number of amides is 2. The minimum Gasteiger partial charge on any atom is -0.365 e. The molecule has 1 aliphatic carbocycles. The van der Waals surface area contributed by atoms with Crippen molar-refractivity contribution >= 4 is 45.5 Å². The van der Waals surface area contributed by atoms with Crippen LogP contribution in [-0.4, -0.2) is 16.9 Å². The Hall–Kier alpha value is -2.25. The smallest absolute Gasteiger partial charge is 0.257 e. The molecule has 5 nitrogen and oxygen atoms in total. The third-order valence-electron chi connectivity index (χ3n) is 4.84. The van der Waals surface area contributed by atoms with Crippen LogP contribution in [-0.2, 0) is 19.3 Å². The fourth-order valence-electron chi connectivity index (χ4n) is 3.30. The topological polar surface area (TPSA) is 84.2 Å². The zero-order chi connectivity index (χ0) is 19.6. The van der Waals surface area contributed by atoms with Gasteiger partial charge in [0, 0.05) is 10.4 Å². The van der Waals surface area contributed by atoms with Gasteiger partial charge in [-0.2, -0.15) is 0 Å². The monoisotopic (exact) mass is 401 g/mol. The van der Waals surface area contributed by atoms with Crippen LogP contribution in [0, 0.1) is 5.92 Å². The first kappa shape index (κ1) is 19.5. The van der Waals surface area contributed by atoms with Gasteiger partial charge >= 0.3 is 0 Å². The number of anilines is 1. The highest BCUT2D eigenvalue weighted by Crippen LogP contribution is 2.39. The van der Waals surface area contributed by atoms with Crippen LogP contribution in [0.5, 0.6) is 0 Å². The zero-order valence-electron chi connectivity index (χ0n) is 15.4. The number of carbonyl (C=O) groups is 2. The summed E-state index contributed by atoms with van der Waals surface area (Å²) in [7, 11) is 0. The lowest BCUT2D eigenvalue weighted by molar-refractivity contribution is 0.0975. The van der Waals surface area contributed by atoms with E-state index in [1.54, 1.807) is 12.1 Å². The average Bonchev–Trinajstić information content (AvgIpc) is 2.98. The molecule has 2 amide bonds. The van der Waals surface area contributed by atoms with Gasteiger partial charge in [-0.25, -0.2) is 0 Å². The summed E-state index contributed by atoms with van der Waals surface area (Å²) >= 11 is 6.78. The summed E-state index contributed by atoms with van der Waals surface area (Å²) in [5, 5.41) is 6.46. The highest BCUT2D eigenvalue weighted by atomic mass is 32.1. The van der Waals surface area contributed by atoms with Crippen molar-refractivity contribution in [1.82, 2.24) is 5.32 Å². The first-order chi connectivity index (χ1) is 12.9. The van der Waals surface area contributed by atoms with Crippen molar-refractivity contribution in [3.63, 3.8) is 0 Å². The third-order valence-corrected chi connectivity index (χ3v) is 6.21. The van der Waals surface area contributed by atoms with Crippen LogP contribution in [0.1, 0.15) is 57.0 Å². The van der Waals surface area contributed by atoms with Crippen molar-refractivity contribution in [3.8, 4) is 0 Å². The van der Waals surface area contributed by atoms with Gasteiger partial charge in [-0.1, -0.05) is 26.0 Å². The van der Waals surface area contributed by atoms with Crippen molar-refractivity contribution in [2.45, 2.75) is 39.5 Å². The number of primary amides is 1. The van der Waals surface area contributed by atoms with Gasteiger partial charge in [0.1, 0.15) is 5.00 Å². The molecule has 27 heavy (non-hydrogen) atoms. The normalized spacial score (nSPS) is 15.7. The van der Waals surface area contributed by atoms with E-state index >= 15 is 0 Å². The Morgan fingerprint density at radius 1 is 1.30 bits per heavy atom. The van der Waals surface area contributed by atoms with E-state index in [1.165, 1.54) is 16.2 Å². The largest absolute Gasteiger partial charge is 0.365 e. The number of fused-ring (bicyclic) bond motifs is 1. The molecule has 1 unspecified atom stereocenters. The van der Waals surface area contributed by atoms with Crippen LogP contribution < -0.4 is 16.4 Å². The molecule has 1 heterocycles. The second kappa shape index (κ2) is 8.19. The molecule has 142 valence electrons. The number of hydrogen-bond acceptors (Lipinski definition) is 4. The number of thiocarbonyl (C=S) groups is 1. The molecule has 1 aliphatic rings. The van der Waals surface area contributed by atoms with Gasteiger partial charge in [0.05, 0.1) is 5.56 Å². The molecule has 1 aromatic heterocycles. The van der Waals surface area contributed by atoms with Crippen LogP contribution in [0.4, 0.5) is 5.00 Å². The van der Waals surface area contributed by atoms with Crippen LogP contribution in [0.25, 0.3) is 0 Å². The van der Waals surface area contributed by atoms with Gasteiger partial charge in [-0.3, -0.25) is 14.9 Å². The van der Waals surface area contributed by atoms with E-state index in [2.05, 4.69) is 24.5 Å². The zero-order valence-corrected chi connectivity index (χ0v) is 17.1. The minimum atomic E-state index is -0.464. The molecular weight excluding hydrogens is 378 g/mol. The minimum absolute atomic E-state index is 0.161. The van der Waals surface area contributed by atoms with E-state index in [0.29, 0.717) is 22.0 Å². The second-order valence-corrected chi connectivity index (χ2v) is 8.39. The van der Waals surface area contributed by atoms with E-state index in [1.807, 2.05) is 12.1 Å². The lowest BCUT2D eigenvalue weighted by Gasteiger charge is -2.18. The number of nitrogens with two attached hydrogens (primary N) is 1. The van der Waals surface area contributed by atoms with Crippen molar-refractivity contribution in [2.24, 2.45) is 11.7 Å². The molecule has 3 rings (SSSR count). The fourth-order valence-corrected chi connectivity index (χ4v) is 4.98. The summed E-state index contributed by atoms with van der Waals surface area (Å²) in [4.78, 5) is 25.5. The van der Waals surface area contributed by atoms with E-state index in [4.69, 9.17) is 18.0 Å². The van der Waals surface area contributed by atoms with Crippen molar-refractivity contribution < 1.29 is 9.59 Å². The molecule has 7 heteroatoms. The molecule has 4 N–H and O–H groups in total. The molecule has 0 bridgehead atoms. The maximum absolute atomic E-state index is 12.4. The molecule has 1 atom stereocenters. The first-order valence-electron chi connectivity index (χ1n) is 9.04. The summed E-state index contributed by atoms with van der Waals surface area (Å²) in [6, 6.07) is 7.39. The molecule has 2 aromatic rings. The molecule has 0 radical (unpaired) electrons. The summed E-state index contributed by atoms with van der Waals surface area (Å²) in [6.45, 7) is 4.26. The van der Waals surface area contributed by atoms with Crippen molar-refractivity contribution in [1.29, 1.82) is 0 Å². The molecule has 0 aliphatic heterocycles. The summed E-state index contributed by atoms with van der Waals surface area (Å²) in [6.07, 6.45) is 3.73. The second-order valence-electron chi connectivity index (χ2n) is 6.88. The lowest BCUT2D eigenvalue weighted by Crippen LogP contribution is -2.34. The SMILES string of the molecule is CCc1ccc(C(=O)NC(=S)Nc2sc3c(c2C(N)=O)CCC(C)C3)cc1. The van der Waals surface area contributed by atoms with Crippen LogP contribution in [0.15, 0.2) is 24.3 Å². The molecule has 1 aromatic carbocycles. The van der Waals surface area contributed by atoms with E-state index in [9.17, 15) is 9.59 Å². The number of rotatable bonds is 4. The summed E-state index contributed by atoms with van der Waals surface area (Å²) < 4.78 is 0. The Morgan fingerprint density at radius 2 is 2.00 bits per heavy atom. The van der Waals surface area contributed by atoms with E-state index < -0.39 is 5.91 Å². The third kappa shape index (κ3) is 4.36. The van der Waals surface area contributed by atoms with Gasteiger partial charge in [0.25, 0.3) is 11.8 Å². The van der Waals surface area contributed by atoms with Crippen LogP contribution in [0.2, 0.25) is 0 Å². The predicted octanol–water partition coefficient (Wildman–Crippen LogP) is 3.66. The standard InChI is InChI=1S/C20H23N3O2S2/c1-3-12-5-7-13(8-6-12)18(25)22-20(26)23-19-16(17(21)24)14-9-4-11(2)10-15(14)27-19/h5-8,11H,3-4,9-10H2,1-2H3,(H2,21,24)(H2,22,23,25,26). The van der Waals surface area contributed by atoms with Crippen LogP contribution in [0.3, 0.4) is 0 Å². The number of hydrogen-bond donors (Lipinski definition) is 3. The average molecular weight is 402 g/mol. The maximum Gasteiger partial charge on any atom is 0.257 e. The Balaban J connectivity index is 1.73. The highest BCUT2D eigenvalue weighted by Gasteiger charge is 2.27. The molecule has 0 saturated heterocycles. The first-order valence-corrected chi connectivity index (χ1v) is 10.3. The number of thiophene rings is 1. The molecule has 0 spiro atoms. The van der Waals surface area contributed by atoms with E-state index in [0.717, 1.165) is 36.8 Å². The van der Waals surface area contributed by atoms with Gasteiger partial charge in [0.2, 0.25) is 0 Å². The Kier molecular flexibility index (Phi) is 5.92. The van der Waals surface area contributed by atoms with Crippen LogP contribution >= 0.6 is 23.6 Å². The predicted molar refractivity (Wildman–Crippen MR) is 114 cm³/mol. The van der Waals surface area contributed by atoms with Gasteiger partial charge in [-0.05, 0) is 67.1 Å². The number of carbonyl (C=O) groups excluding carboxylic acids is 2. The Labute approximate surface area is 168 Å². The number of nitrogens with one attached hydrogen (secondary N) is 2. The highest BCUT2D eigenvalue weighted by molar-refractivity contribution is 7.80. The quantitative estimate of drug-likeness (QED) is 0.683. The maximum atomic E-state index is 12.4. The Bertz CT molecular complexity index is 887. The fraction of sp³-hybridized carbons (Fsp3) is 0.350. The lowest BCUT2D eigenvalue weighted by atomic mass is 9.88. The van der Waals surface area contributed by atoms with E-state index in [-0.39, 0.29) is 11.0 Å².